The van der Waals surface area contributed by atoms with Crippen LogP contribution in [0.15, 0.2) is 37.0 Å². The van der Waals surface area contributed by atoms with Gasteiger partial charge in [-0.25, -0.2) is 0 Å². The van der Waals surface area contributed by atoms with Gasteiger partial charge in [0, 0.05) is 0 Å². The van der Waals surface area contributed by atoms with Gasteiger partial charge in [0.05, 0.1) is 5.92 Å². The van der Waals surface area contributed by atoms with Gasteiger partial charge >= 0.3 is 6.18 Å². The van der Waals surface area contributed by atoms with Gasteiger partial charge in [-0.3, -0.25) is 0 Å². The molecule has 1 atom stereocenters. The van der Waals surface area contributed by atoms with Crippen molar-refractivity contribution >= 4 is 0 Å². The maximum absolute atomic E-state index is 11.8. The third-order valence-electron chi connectivity index (χ3n) is 1.19. The van der Waals surface area contributed by atoms with Crippen LogP contribution in [0.1, 0.15) is 20.8 Å². The molecule has 0 aromatic heterocycles. The van der Waals surface area contributed by atoms with E-state index in [1.54, 1.807) is 13.0 Å². The molecule has 0 fully saturated rings. The SMILES string of the molecule is C=C(C)/C=C\C(C)C(F)(F)F.C=CC. The Balaban J connectivity index is 0. The van der Waals surface area contributed by atoms with Crippen molar-refractivity contribution in [1.29, 1.82) is 0 Å². The Bertz CT molecular complexity index is 199. The highest BCUT2D eigenvalue weighted by molar-refractivity contribution is 5.12. The van der Waals surface area contributed by atoms with Gasteiger partial charge in [0.2, 0.25) is 0 Å². The largest absolute Gasteiger partial charge is 0.394 e. The van der Waals surface area contributed by atoms with Crippen LogP contribution in [-0.2, 0) is 0 Å². The summed E-state index contributed by atoms with van der Waals surface area (Å²) in [5.74, 6) is -1.39. The normalized spacial score (nSPS) is 13.0. The molecule has 0 aliphatic carbocycles. The van der Waals surface area contributed by atoms with Crippen molar-refractivity contribution in [2.24, 2.45) is 5.92 Å². The van der Waals surface area contributed by atoms with Gasteiger partial charge in [-0.1, -0.05) is 37.3 Å². The molecule has 3 heteroatoms. The van der Waals surface area contributed by atoms with E-state index in [2.05, 4.69) is 13.2 Å². The summed E-state index contributed by atoms with van der Waals surface area (Å²) in [4.78, 5) is 0. The smallest absolute Gasteiger partial charge is 0.170 e. The first-order chi connectivity index (χ1) is 6.25. The second-order valence-corrected chi connectivity index (χ2v) is 2.94. The van der Waals surface area contributed by atoms with Crippen molar-refractivity contribution in [2.75, 3.05) is 0 Å². The van der Waals surface area contributed by atoms with E-state index in [1.807, 2.05) is 6.92 Å². The highest BCUT2D eigenvalue weighted by Crippen LogP contribution is 2.26. The number of rotatable bonds is 2. The molecule has 0 bridgehead atoms. The van der Waals surface area contributed by atoms with E-state index in [9.17, 15) is 13.2 Å². The summed E-state index contributed by atoms with van der Waals surface area (Å²) in [7, 11) is 0. The highest BCUT2D eigenvalue weighted by Gasteiger charge is 2.33. The second-order valence-electron chi connectivity index (χ2n) is 2.94. The van der Waals surface area contributed by atoms with E-state index >= 15 is 0 Å². The Morgan fingerprint density at radius 1 is 1.36 bits per heavy atom. The topological polar surface area (TPSA) is 0 Å². The Hall–Kier alpha value is -0.990. The van der Waals surface area contributed by atoms with Gasteiger partial charge in [0.15, 0.2) is 0 Å². The Kier molecular flexibility index (Phi) is 8.20. The van der Waals surface area contributed by atoms with Crippen molar-refractivity contribution in [2.45, 2.75) is 26.9 Å². The van der Waals surface area contributed by atoms with E-state index in [-0.39, 0.29) is 0 Å². The molecule has 0 nitrogen and oxygen atoms in total. The molecule has 0 radical (unpaired) electrons. The lowest BCUT2D eigenvalue weighted by Crippen LogP contribution is -2.17. The van der Waals surface area contributed by atoms with Gasteiger partial charge in [-0.2, -0.15) is 13.2 Å². The van der Waals surface area contributed by atoms with E-state index in [0.29, 0.717) is 5.57 Å². The molecular formula is C11H17F3. The van der Waals surface area contributed by atoms with Crippen molar-refractivity contribution in [3.05, 3.63) is 37.0 Å². The van der Waals surface area contributed by atoms with Crippen LogP contribution in [0.5, 0.6) is 0 Å². The van der Waals surface area contributed by atoms with Crippen LogP contribution < -0.4 is 0 Å². The second kappa shape index (κ2) is 7.42. The van der Waals surface area contributed by atoms with Gasteiger partial charge < -0.3 is 0 Å². The molecule has 82 valence electrons. The predicted octanol–water partition coefficient (Wildman–Crippen LogP) is 4.51. The molecule has 0 aliphatic heterocycles. The first kappa shape index (κ1) is 15.5. The van der Waals surface area contributed by atoms with Crippen LogP contribution in [0.4, 0.5) is 13.2 Å². The minimum Gasteiger partial charge on any atom is -0.170 e. The van der Waals surface area contributed by atoms with Crippen molar-refractivity contribution in [3.63, 3.8) is 0 Å². The zero-order chi connectivity index (χ0) is 11.8. The summed E-state index contributed by atoms with van der Waals surface area (Å²) >= 11 is 0. The fourth-order valence-electron chi connectivity index (χ4n) is 0.418. The average molecular weight is 206 g/mol. The monoisotopic (exact) mass is 206 g/mol. The number of hydrogen-bond donors (Lipinski definition) is 0. The van der Waals surface area contributed by atoms with Gasteiger partial charge in [-0.15, -0.1) is 6.58 Å². The van der Waals surface area contributed by atoms with Crippen molar-refractivity contribution in [1.82, 2.24) is 0 Å². The van der Waals surface area contributed by atoms with Crippen LogP contribution in [0.2, 0.25) is 0 Å². The van der Waals surface area contributed by atoms with Gasteiger partial charge in [0.1, 0.15) is 0 Å². The maximum Gasteiger partial charge on any atom is 0.394 e. The first-order valence-electron chi connectivity index (χ1n) is 4.23. The van der Waals surface area contributed by atoms with Crippen LogP contribution in [0, 0.1) is 5.92 Å². The number of allylic oxidation sites excluding steroid dienone is 4. The minimum absolute atomic E-state index is 0.626. The summed E-state index contributed by atoms with van der Waals surface area (Å²) in [6, 6.07) is 0. The molecule has 0 spiro atoms. The lowest BCUT2D eigenvalue weighted by molar-refractivity contribution is -0.156. The summed E-state index contributed by atoms with van der Waals surface area (Å²) in [5, 5.41) is 0. The van der Waals surface area contributed by atoms with E-state index in [1.165, 1.54) is 6.08 Å². The van der Waals surface area contributed by atoms with Gasteiger partial charge in [-0.05, 0) is 13.8 Å². The molecule has 0 aromatic rings. The van der Waals surface area contributed by atoms with Crippen LogP contribution in [-0.4, -0.2) is 6.18 Å². The summed E-state index contributed by atoms with van der Waals surface area (Å²) in [6.07, 6.45) is 0.0897. The lowest BCUT2D eigenvalue weighted by atomic mass is 10.1. The molecule has 0 amide bonds. The zero-order valence-corrected chi connectivity index (χ0v) is 8.86. The molecule has 0 aliphatic rings. The van der Waals surface area contributed by atoms with E-state index in [0.717, 1.165) is 13.0 Å². The Labute approximate surface area is 83.8 Å². The Morgan fingerprint density at radius 3 is 1.93 bits per heavy atom. The Morgan fingerprint density at radius 2 is 1.71 bits per heavy atom. The van der Waals surface area contributed by atoms with Crippen LogP contribution >= 0.6 is 0 Å². The van der Waals surface area contributed by atoms with E-state index in [4.69, 9.17) is 0 Å². The van der Waals surface area contributed by atoms with Gasteiger partial charge in [0.25, 0.3) is 0 Å². The van der Waals surface area contributed by atoms with E-state index < -0.39 is 12.1 Å². The van der Waals surface area contributed by atoms with Crippen molar-refractivity contribution in [3.8, 4) is 0 Å². The molecule has 0 saturated carbocycles. The molecule has 14 heavy (non-hydrogen) atoms. The molecule has 1 unspecified atom stereocenters. The maximum atomic E-state index is 11.8. The quantitative estimate of drug-likeness (QED) is 0.460. The summed E-state index contributed by atoms with van der Waals surface area (Å²) in [5.41, 5.74) is 0.626. The van der Waals surface area contributed by atoms with Crippen molar-refractivity contribution < 1.29 is 13.2 Å². The molecule has 0 heterocycles. The highest BCUT2D eigenvalue weighted by atomic mass is 19.4. The molecule has 0 saturated heterocycles. The molecule has 0 N–H and O–H groups in total. The fourth-order valence-corrected chi connectivity index (χ4v) is 0.418. The number of alkyl halides is 3. The summed E-state index contributed by atoms with van der Waals surface area (Å²) in [6.45, 7) is 11.5. The lowest BCUT2D eigenvalue weighted by Gasteiger charge is -2.10. The standard InChI is InChI=1S/C8H11F3.C3H6/c1-6(2)4-5-7(3)8(9,10)11;1-3-2/h4-5,7H,1H2,2-3H3;3H,1H2,2H3/b5-4-;. The third-order valence-corrected chi connectivity index (χ3v) is 1.19. The summed E-state index contributed by atoms with van der Waals surface area (Å²) < 4.78 is 35.5. The minimum atomic E-state index is -4.13. The predicted molar refractivity (Wildman–Crippen MR) is 55.0 cm³/mol. The van der Waals surface area contributed by atoms with Crippen LogP contribution in [0.25, 0.3) is 0 Å². The fraction of sp³-hybridized carbons (Fsp3) is 0.455. The molecule has 0 aromatic carbocycles. The average Bonchev–Trinajstić information content (AvgIpc) is 1.99. The first-order valence-corrected chi connectivity index (χ1v) is 4.23. The molecular weight excluding hydrogens is 189 g/mol. The third kappa shape index (κ3) is 11.0. The van der Waals surface area contributed by atoms with Crippen LogP contribution in [0.3, 0.4) is 0 Å². The number of hydrogen-bond acceptors (Lipinski definition) is 0. The zero-order valence-electron chi connectivity index (χ0n) is 8.86. The molecule has 0 rings (SSSR count). The number of halogens is 3.